The fourth-order valence-corrected chi connectivity index (χ4v) is 2.23. The number of aromatic nitrogens is 2. The van der Waals surface area contributed by atoms with E-state index in [9.17, 15) is 18.0 Å². The molecule has 0 saturated heterocycles. The number of hydrogen-bond acceptors (Lipinski definition) is 4. The number of benzene rings is 2. The van der Waals surface area contributed by atoms with Gasteiger partial charge in [0.2, 0.25) is 0 Å². The summed E-state index contributed by atoms with van der Waals surface area (Å²) in [6.45, 7) is 1.98. The minimum atomic E-state index is -4.42. The lowest BCUT2D eigenvalue weighted by atomic mass is 10.2. The smallest absolute Gasteiger partial charge is 0.339 e. The molecule has 0 unspecified atom stereocenters. The predicted molar refractivity (Wildman–Crippen MR) is 95.9 cm³/mol. The Kier molecular flexibility index (Phi) is 5.07. The number of nitrogens with one attached hydrogen (secondary N) is 2. The van der Waals surface area contributed by atoms with E-state index in [1.165, 1.54) is 24.5 Å². The van der Waals surface area contributed by atoms with Crippen molar-refractivity contribution in [1.29, 1.82) is 0 Å². The highest BCUT2D eigenvalue weighted by molar-refractivity contribution is 6.02. The molecule has 0 atom stereocenters. The second kappa shape index (κ2) is 7.45. The van der Waals surface area contributed by atoms with Gasteiger partial charge >= 0.3 is 6.18 Å². The first-order valence-electron chi connectivity index (χ1n) is 7.95. The molecule has 0 aliphatic carbocycles. The first-order valence-corrected chi connectivity index (χ1v) is 7.95. The van der Waals surface area contributed by atoms with E-state index in [1.54, 1.807) is 0 Å². The Morgan fingerprint density at radius 3 is 2.07 bits per heavy atom. The second-order valence-electron chi connectivity index (χ2n) is 5.81. The Bertz CT molecular complexity index is 921. The summed E-state index contributed by atoms with van der Waals surface area (Å²) in [6, 6.07) is 11.8. The maximum absolute atomic E-state index is 12.5. The molecule has 0 saturated carbocycles. The third-order valence-corrected chi connectivity index (χ3v) is 3.68. The molecular formula is C19H15F3N4O. The van der Waals surface area contributed by atoms with E-state index >= 15 is 0 Å². The average molecular weight is 372 g/mol. The minimum Gasteiger partial charge on any atom is -0.339 e. The quantitative estimate of drug-likeness (QED) is 0.690. The summed E-state index contributed by atoms with van der Waals surface area (Å²) < 4.78 is 37.6. The van der Waals surface area contributed by atoms with Crippen LogP contribution in [0.25, 0.3) is 0 Å². The molecule has 0 spiro atoms. The summed E-state index contributed by atoms with van der Waals surface area (Å²) in [6.07, 6.45) is -1.73. The average Bonchev–Trinajstić information content (AvgIpc) is 2.64. The second-order valence-corrected chi connectivity index (χ2v) is 5.81. The van der Waals surface area contributed by atoms with Crippen molar-refractivity contribution in [3.05, 3.63) is 77.7 Å². The molecule has 0 bridgehead atoms. The molecule has 2 aromatic carbocycles. The highest BCUT2D eigenvalue weighted by atomic mass is 19.4. The van der Waals surface area contributed by atoms with Gasteiger partial charge in [-0.05, 0) is 43.3 Å². The van der Waals surface area contributed by atoms with Gasteiger partial charge in [-0.3, -0.25) is 4.79 Å². The van der Waals surface area contributed by atoms with Crippen molar-refractivity contribution in [2.45, 2.75) is 13.1 Å². The number of nitrogens with zero attached hydrogens (tertiary/aromatic N) is 2. The standard InChI is InChI=1S/C19H15F3N4O/c1-12-2-6-14(7-3-12)25-17-11-23-16(10-24-17)18(27)26-15-8-4-13(5-9-15)19(20,21)22/h2-11H,1H3,(H,24,25)(H,26,27). The third-order valence-electron chi connectivity index (χ3n) is 3.68. The first-order chi connectivity index (χ1) is 12.8. The molecule has 138 valence electrons. The fraction of sp³-hybridized carbons (Fsp3) is 0.105. The van der Waals surface area contributed by atoms with Gasteiger partial charge in [-0.1, -0.05) is 17.7 Å². The number of alkyl halides is 3. The topological polar surface area (TPSA) is 66.9 Å². The Morgan fingerprint density at radius 1 is 0.889 bits per heavy atom. The lowest BCUT2D eigenvalue weighted by molar-refractivity contribution is -0.137. The Balaban J connectivity index is 1.64. The summed E-state index contributed by atoms with van der Waals surface area (Å²) in [5.74, 6) is -0.103. The number of halogens is 3. The maximum atomic E-state index is 12.5. The summed E-state index contributed by atoms with van der Waals surface area (Å²) >= 11 is 0. The molecule has 27 heavy (non-hydrogen) atoms. The molecular weight excluding hydrogens is 357 g/mol. The summed E-state index contributed by atoms with van der Waals surface area (Å²) in [5, 5.41) is 5.54. The largest absolute Gasteiger partial charge is 0.416 e. The van der Waals surface area contributed by atoms with Gasteiger partial charge in [0, 0.05) is 11.4 Å². The van der Waals surface area contributed by atoms with E-state index in [0.717, 1.165) is 23.4 Å². The van der Waals surface area contributed by atoms with Crippen molar-refractivity contribution in [3.63, 3.8) is 0 Å². The van der Waals surface area contributed by atoms with Crippen molar-refractivity contribution < 1.29 is 18.0 Å². The van der Waals surface area contributed by atoms with E-state index in [0.29, 0.717) is 5.82 Å². The van der Waals surface area contributed by atoms with Crippen LogP contribution in [0.4, 0.5) is 30.4 Å². The van der Waals surface area contributed by atoms with E-state index in [1.807, 2.05) is 31.2 Å². The van der Waals surface area contributed by atoms with Crippen LogP contribution < -0.4 is 10.6 Å². The minimum absolute atomic E-state index is 0.0457. The molecule has 8 heteroatoms. The lowest BCUT2D eigenvalue weighted by Gasteiger charge is -2.09. The van der Waals surface area contributed by atoms with Crippen molar-refractivity contribution in [2.75, 3.05) is 10.6 Å². The Morgan fingerprint density at radius 2 is 1.52 bits per heavy atom. The van der Waals surface area contributed by atoms with Crippen molar-refractivity contribution in [1.82, 2.24) is 9.97 Å². The summed E-state index contributed by atoms with van der Waals surface area (Å²) in [4.78, 5) is 20.3. The van der Waals surface area contributed by atoms with Gasteiger partial charge in [0.25, 0.3) is 5.91 Å². The van der Waals surface area contributed by atoms with Crippen LogP contribution in [0.3, 0.4) is 0 Å². The predicted octanol–water partition coefficient (Wildman–Crippen LogP) is 4.80. The molecule has 1 heterocycles. The molecule has 1 aromatic heterocycles. The normalized spacial score (nSPS) is 11.1. The van der Waals surface area contributed by atoms with Crippen LogP contribution in [-0.2, 0) is 6.18 Å². The zero-order valence-electron chi connectivity index (χ0n) is 14.2. The number of rotatable bonds is 4. The molecule has 2 N–H and O–H groups in total. The molecule has 3 aromatic rings. The zero-order valence-corrected chi connectivity index (χ0v) is 14.2. The molecule has 3 rings (SSSR count). The van der Waals surface area contributed by atoms with Gasteiger partial charge in [0.05, 0.1) is 18.0 Å². The van der Waals surface area contributed by atoms with Crippen LogP contribution in [0.5, 0.6) is 0 Å². The zero-order chi connectivity index (χ0) is 19.4. The molecule has 0 aliphatic rings. The van der Waals surface area contributed by atoms with Gasteiger partial charge in [-0.2, -0.15) is 13.2 Å². The summed E-state index contributed by atoms with van der Waals surface area (Å²) in [7, 11) is 0. The van der Waals surface area contributed by atoms with Crippen LogP contribution in [0, 0.1) is 6.92 Å². The third kappa shape index (κ3) is 4.81. The lowest BCUT2D eigenvalue weighted by Crippen LogP contribution is -2.14. The van der Waals surface area contributed by atoms with E-state index < -0.39 is 17.6 Å². The molecule has 5 nitrogen and oxygen atoms in total. The van der Waals surface area contributed by atoms with Gasteiger partial charge < -0.3 is 10.6 Å². The summed E-state index contributed by atoms with van der Waals surface area (Å²) in [5.41, 5.74) is 1.45. The molecule has 0 radical (unpaired) electrons. The van der Waals surface area contributed by atoms with Gasteiger partial charge in [-0.25, -0.2) is 9.97 Å². The van der Waals surface area contributed by atoms with Crippen LogP contribution in [-0.4, -0.2) is 15.9 Å². The van der Waals surface area contributed by atoms with E-state index in [2.05, 4.69) is 20.6 Å². The number of aryl methyl sites for hydroxylation is 1. The maximum Gasteiger partial charge on any atom is 0.416 e. The van der Waals surface area contributed by atoms with Crippen molar-refractivity contribution in [2.24, 2.45) is 0 Å². The number of carbonyl (C=O) groups excluding carboxylic acids is 1. The van der Waals surface area contributed by atoms with Gasteiger partial charge in [0.15, 0.2) is 0 Å². The number of carbonyl (C=O) groups is 1. The highest BCUT2D eigenvalue weighted by Gasteiger charge is 2.30. The van der Waals surface area contributed by atoms with Crippen LogP contribution >= 0.6 is 0 Å². The molecule has 0 fully saturated rings. The number of hydrogen-bond donors (Lipinski definition) is 2. The molecule has 1 amide bonds. The van der Waals surface area contributed by atoms with Crippen molar-refractivity contribution >= 4 is 23.1 Å². The van der Waals surface area contributed by atoms with Crippen LogP contribution in [0.1, 0.15) is 21.6 Å². The fourth-order valence-electron chi connectivity index (χ4n) is 2.23. The number of amides is 1. The monoisotopic (exact) mass is 372 g/mol. The van der Waals surface area contributed by atoms with Crippen molar-refractivity contribution in [3.8, 4) is 0 Å². The van der Waals surface area contributed by atoms with Crippen LogP contribution in [0.2, 0.25) is 0 Å². The van der Waals surface area contributed by atoms with Gasteiger partial charge in [0.1, 0.15) is 11.5 Å². The first kappa shape index (κ1) is 18.4. The van der Waals surface area contributed by atoms with Crippen LogP contribution in [0.15, 0.2) is 60.9 Å². The SMILES string of the molecule is Cc1ccc(Nc2cnc(C(=O)Nc3ccc(C(F)(F)F)cc3)cn2)cc1. The van der Waals surface area contributed by atoms with E-state index in [4.69, 9.17) is 0 Å². The van der Waals surface area contributed by atoms with Gasteiger partial charge in [-0.15, -0.1) is 0 Å². The highest BCUT2D eigenvalue weighted by Crippen LogP contribution is 2.29. The number of anilines is 3. The Hall–Kier alpha value is -3.42. The molecule has 0 aliphatic heterocycles. The Labute approximate surface area is 153 Å². The van der Waals surface area contributed by atoms with E-state index in [-0.39, 0.29) is 11.4 Å².